The van der Waals surface area contributed by atoms with Gasteiger partial charge in [-0.2, -0.15) is 0 Å². The number of ether oxygens (including phenoxy) is 2. The van der Waals surface area contributed by atoms with Crippen molar-refractivity contribution in [3.63, 3.8) is 0 Å². The highest BCUT2D eigenvalue weighted by molar-refractivity contribution is 6.33. The Bertz CT molecular complexity index is 657. The maximum absolute atomic E-state index is 12.6. The molecular formula is C18H20ClNO3. The van der Waals surface area contributed by atoms with Crippen molar-refractivity contribution in [2.24, 2.45) is 0 Å². The first-order valence-electron chi connectivity index (χ1n) is 7.24. The lowest BCUT2D eigenvalue weighted by Gasteiger charge is -2.26. The van der Waals surface area contributed by atoms with E-state index in [0.717, 1.165) is 11.1 Å². The van der Waals surface area contributed by atoms with Gasteiger partial charge in [0.05, 0.1) is 10.6 Å². The SMILES string of the molecule is COC(OC)[C@H](NC(=O)c1ccc(C)cc1Cl)c1ccccc1. The molecule has 0 aliphatic carbocycles. The summed E-state index contributed by atoms with van der Waals surface area (Å²) >= 11 is 6.18. The molecule has 1 N–H and O–H groups in total. The molecule has 0 saturated heterocycles. The first-order chi connectivity index (χ1) is 11.1. The maximum atomic E-state index is 12.6. The van der Waals surface area contributed by atoms with Gasteiger partial charge in [0.2, 0.25) is 0 Å². The summed E-state index contributed by atoms with van der Waals surface area (Å²) in [6.45, 7) is 1.92. The molecular weight excluding hydrogens is 314 g/mol. The van der Waals surface area contributed by atoms with Crippen LogP contribution in [0.25, 0.3) is 0 Å². The molecule has 0 bridgehead atoms. The molecule has 0 radical (unpaired) electrons. The van der Waals surface area contributed by atoms with Gasteiger partial charge in [0, 0.05) is 14.2 Å². The molecule has 2 aromatic carbocycles. The molecule has 5 heteroatoms. The fourth-order valence-electron chi connectivity index (χ4n) is 2.36. The number of hydrogen-bond acceptors (Lipinski definition) is 3. The fourth-order valence-corrected chi connectivity index (χ4v) is 2.68. The minimum absolute atomic E-state index is 0.275. The van der Waals surface area contributed by atoms with Gasteiger partial charge in [0.15, 0.2) is 6.29 Å². The van der Waals surface area contributed by atoms with Crippen LogP contribution >= 0.6 is 11.6 Å². The van der Waals surface area contributed by atoms with E-state index in [-0.39, 0.29) is 5.91 Å². The Morgan fingerprint density at radius 2 is 1.74 bits per heavy atom. The average molecular weight is 334 g/mol. The molecule has 0 unspecified atom stereocenters. The summed E-state index contributed by atoms with van der Waals surface area (Å²) in [5, 5.41) is 3.36. The van der Waals surface area contributed by atoms with Gasteiger partial charge in [-0.15, -0.1) is 0 Å². The summed E-state index contributed by atoms with van der Waals surface area (Å²) in [5.41, 5.74) is 2.31. The maximum Gasteiger partial charge on any atom is 0.253 e. The molecule has 0 aliphatic heterocycles. The van der Waals surface area contributed by atoms with Crippen molar-refractivity contribution in [2.45, 2.75) is 19.3 Å². The highest BCUT2D eigenvalue weighted by atomic mass is 35.5. The van der Waals surface area contributed by atoms with Crippen LogP contribution in [0.1, 0.15) is 27.5 Å². The van der Waals surface area contributed by atoms with E-state index in [1.165, 1.54) is 14.2 Å². The number of aryl methyl sites for hydroxylation is 1. The van der Waals surface area contributed by atoms with Gasteiger partial charge in [-0.25, -0.2) is 0 Å². The first-order valence-corrected chi connectivity index (χ1v) is 7.62. The molecule has 2 aromatic rings. The number of nitrogens with one attached hydrogen (secondary N) is 1. The van der Waals surface area contributed by atoms with Crippen LogP contribution in [0.15, 0.2) is 48.5 Å². The number of benzene rings is 2. The van der Waals surface area contributed by atoms with E-state index >= 15 is 0 Å². The summed E-state index contributed by atoms with van der Waals surface area (Å²) in [6, 6.07) is 14.4. The minimum Gasteiger partial charge on any atom is -0.353 e. The lowest BCUT2D eigenvalue weighted by molar-refractivity contribution is -0.122. The van der Waals surface area contributed by atoms with Crippen LogP contribution in [0.3, 0.4) is 0 Å². The highest BCUT2D eigenvalue weighted by Crippen LogP contribution is 2.22. The largest absolute Gasteiger partial charge is 0.353 e. The Morgan fingerprint density at radius 1 is 1.09 bits per heavy atom. The van der Waals surface area contributed by atoms with E-state index in [9.17, 15) is 4.79 Å². The van der Waals surface area contributed by atoms with Crippen molar-refractivity contribution in [2.75, 3.05) is 14.2 Å². The molecule has 0 heterocycles. The molecule has 0 spiro atoms. The van der Waals surface area contributed by atoms with Crippen LogP contribution < -0.4 is 5.32 Å². The minimum atomic E-state index is -0.606. The van der Waals surface area contributed by atoms with Gasteiger partial charge < -0.3 is 14.8 Å². The van der Waals surface area contributed by atoms with Crippen LogP contribution in [-0.4, -0.2) is 26.4 Å². The Hall–Kier alpha value is -1.88. The number of amides is 1. The predicted octanol–water partition coefficient (Wildman–Crippen LogP) is 3.74. The molecule has 0 fully saturated rings. The van der Waals surface area contributed by atoms with Gasteiger partial charge in [-0.1, -0.05) is 48.0 Å². The second-order valence-electron chi connectivity index (χ2n) is 5.18. The highest BCUT2D eigenvalue weighted by Gasteiger charge is 2.25. The Balaban J connectivity index is 2.28. The summed E-state index contributed by atoms with van der Waals surface area (Å²) in [4.78, 5) is 12.6. The summed E-state index contributed by atoms with van der Waals surface area (Å²) in [7, 11) is 3.07. The standard InChI is InChI=1S/C18H20ClNO3/c1-12-9-10-14(15(19)11-12)17(21)20-16(18(22-2)23-3)13-7-5-4-6-8-13/h4-11,16,18H,1-3H3,(H,20,21)/t16-/m1/s1. The monoisotopic (exact) mass is 333 g/mol. The van der Waals surface area contributed by atoms with E-state index < -0.39 is 12.3 Å². The Labute approximate surface area is 141 Å². The molecule has 1 atom stereocenters. The van der Waals surface area contributed by atoms with Crippen LogP contribution in [0.4, 0.5) is 0 Å². The predicted molar refractivity (Wildman–Crippen MR) is 90.6 cm³/mol. The van der Waals surface area contributed by atoms with Gasteiger partial charge >= 0.3 is 0 Å². The molecule has 4 nitrogen and oxygen atoms in total. The zero-order valence-electron chi connectivity index (χ0n) is 13.4. The topological polar surface area (TPSA) is 47.6 Å². The van der Waals surface area contributed by atoms with E-state index in [0.29, 0.717) is 10.6 Å². The number of carbonyl (C=O) groups excluding carboxylic acids is 1. The average Bonchev–Trinajstić information content (AvgIpc) is 2.55. The van der Waals surface area contributed by atoms with E-state index in [2.05, 4.69) is 5.32 Å². The number of methoxy groups -OCH3 is 2. The summed E-state index contributed by atoms with van der Waals surface area (Å²) in [6.07, 6.45) is -0.606. The van der Waals surface area contributed by atoms with Crippen molar-refractivity contribution >= 4 is 17.5 Å². The quantitative estimate of drug-likeness (QED) is 0.819. The normalized spacial score (nSPS) is 12.2. The van der Waals surface area contributed by atoms with Crippen LogP contribution in [-0.2, 0) is 9.47 Å². The molecule has 0 aliphatic rings. The number of hydrogen-bond donors (Lipinski definition) is 1. The van der Waals surface area contributed by atoms with E-state index in [4.69, 9.17) is 21.1 Å². The van der Waals surface area contributed by atoms with Crippen LogP contribution in [0.5, 0.6) is 0 Å². The molecule has 0 saturated carbocycles. The fraction of sp³-hybridized carbons (Fsp3) is 0.278. The molecule has 23 heavy (non-hydrogen) atoms. The number of rotatable bonds is 6. The third kappa shape index (κ3) is 4.32. The second kappa shape index (κ2) is 8.11. The van der Waals surface area contributed by atoms with E-state index in [1.54, 1.807) is 12.1 Å². The smallest absolute Gasteiger partial charge is 0.253 e. The van der Waals surface area contributed by atoms with Gasteiger partial charge in [-0.05, 0) is 30.2 Å². The lowest BCUT2D eigenvalue weighted by atomic mass is 10.1. The van der Waals surface area contributed by atoms with Crippen molar-refractivity contribution in [3.05, 3.63) is 70.2 Å². The molecule has 0 aromatic heterocycles. The van der Waals surface area contributed by atoms with Crippen molar-refractivity contribution in [1.82, 2.24) is 5.32 Å². The Morgan fingerprint density at radius 3 is 2.30 bits per heavy atom. The summed E-state index contributed by atoms with van der Waals surface area (Å²) < 4.78 is 10.7. The van der Waals surface area contributed by atoms with Crippen LogP contribution in [0, 0.1) is 6.92 Å². The molecule has 1 amide bonds. The third-order valence-corrected chi connectivity index (χ3v) is 3.86. The van der Waals surface area contributed by atoms with Crippen molar-refractivity contribution in [3.8, 4) is 0 Å². The number of halogens is 1. The molecule has 2 rings (SSSR count). The van der Waals surface area contributed by atoms with E-state index in [1.807, 2.05) is 43.3 Å². The first kappa shape index (κ1) is 17.5. The molecule has 122 valence electrons. The lowest BCUT2D eigenvalue weighted by Crippen LogP contribution is -2.38. The van der Waals surface area contributed by atoms with Crippen molar-refractivity contribution in [1.29, 1.82) is 0 Å². The second-order valence-corrected chi connectivity index (χ2v) is 5.59. The zero-order valence-corrected chi connectivity index (χ0v) is 14.1. The summed E-state index contributed by atoms with van der Waals surface area (Å²) in [5.74, 6) is -0.275. The van der Waals surface area contributed by atoms with Gasteiger partial charge in [-0.3, -0.25) is 4.79 Å². The van der Waals surface area contributed by atoms with Gasteiger partial charge in [0.1, 0.15) is 6.04 Å². The number of carbonyl (C=O) groups is 1. The van der Waals surface area contributed by atoms with Crippen LogP contribution in [0.2, 0.25) is 5.02 Å². The van der Waals surface area contributed by atoms with Crippen molar-refractivity contribution < 1.29 is 14.3 Å². The third-order valence-electron chi connectivity index (χ3n) is 3.55. The Kier molecular flexibility index (Phi) is 6.16. The van der Waals surface area contributed by atoms with Gasteiger partial charge in [0.25, 0.3) is 5.91 Å². The zero-order chi connectivity index (χ0) is 16.8.